The van der Waals surface area contributed by atoms with Crippen molar-refractivity contribution in [3.05, 3.63) is 63.6 Å². The van der Waals surface area contributed by atoms with E-state index in [9.17, 15) is 9.59 Å². The number of carbonyl (C=O) groups is 2. The molecule has 27 heavy (non-hydrogen) atoms. The molecule has 1 N–H and O–H groups in total. The maximum absolute atomic E-state index is 12.0. The Hall–Kier alpha value is -3.01. The number of methoxy groups -OCH3 is 1. The van der Waals surface area contributed by atoms with Gasteiger partial charge in [0, 0.05) is 5.02 Å². The highest BCUT2D eigenvalue weighted by Gasteiger charge is 2.14. The molecule has 2 aromatic rings. The molecule has 0 saturated carbocycles. The van der Waals surface area contributed by atoms with Gasteiger partial charge in [0.05, 0.1) is 17.8 Å². The van der Waals surface area contributed by atoms with Crippen molar-refractivity contribution in [1.82, 2.24) is 0 Å². The largest absolute Gasteiger partial charge is 0.497 e. The second-order valence-corrected chi connectivity index (χ2v) is 6.04. The molecule has 0 spiro atoms. The molecule has 0 atom stereocenters. The first-order valence-electron chi connectivity index (χ1n) is 7.61. The number of amides is 1. The summed E-state index contributed by atoms with van der Waals surface area (Å²) in [7, 11) is 1.51. The number of anilines is 1. The predicted octanol–water partition coefficient (Wildman–Crippen LogP) is 4.09. The molecule has 0 heterocycles. The number of nitrogens with zero attached hydrogens (tertiary/aromatic N) is 1. The van der Waals surface area contributed by atoms with Crippen molar-refractivity contribution in [2.45, 2.75) is 0 Å². The third-order valence-corrected chi connectivity index (χ3v) is 3.85. The zero-order valence-corrected chi connectivity index (χ0v) is 15.7. The normalized spacial score (nSPS) is 10.7. The van der Waals surface area contributed by atoms with Crippen LogP contribution in [0, 0.1) is 11.3 Å². The Kier molecular flexibility index (Phi) is 7.24. The fourth-order valence-electron chi connectivity index (χ4n) is 2.02. The zero-order valence-electron chi connectivity index (χ0n) is 14.2. The van der Waals surface area contributed by atoms with Gasteiger partial charge in [-0.05, 0) is 42.0 Å². The number of hydrogen-bond donors (Lipinski definition) is 1. The Morgan fingerprint density at radius 1 is 1.22 bits per heavy atom. The number of rotatable bonds is 6. The van der Waals surface area contributed by atoms with Gasteiger partial charge in [-0.15, -0.1) is 0 Å². The van der Waals surface area contributed by atoms with Crippen molar-refractivity contribution in [3.8, 4) is 11.8 Å². The monoisotopic (exact) mass is 404 g/mol. The predicted molar refractivity (Wildman–Crippen MR) is 103 cm³/mol. The van der Waals surface area contributed by atoms with Gasteiger partial charge in [-0.25, -0.2) is 4.79 Å². The van der Waals surface area contributed by atoms with Gasteiger partial charge in [0.25, 0.3) is 5.91 Å². The van der Waals surface area contributed by atoms with Crippen molar-refractivity contribution in [1.29, 1.82) is 5.26 Å². The van der Waals surface area contributed by atoms with Gasteiger partial charge in [-0.1, -0.05) is 35.3 Å². The third kappa shape index (κ3) is 6.03. The van der Waals surface area contributed by atoms with Gasteiger partial charge in [0.2, 0.25) is 0 Å². The molecule has 0 aliphatic heterocycles. The third-order valence-electron chi connectivity index (χ3n) is 3.28. The Bertz CT molecular complexity index is 936. The number of esters is 1. The number of carbonyl (C=O) groups excluding carboxylic acids is 2. The molecule has 0 aliphatic carbocycles. The van der Waals surface area contributed by atoms with E-state index in [0.717, 1.165) is 0 Å². The number of hydrogen-bond acceptors (Lipinski definition) is 5. The molecule has 8 heteroatoms. The SMILES string of the molecule is COc1cccc(/C=C(\C#N)C(=O)OCC(=O)Nc2cc(Cl)ccc2Cl)c1. The lowest BCUT2D eigenvalue weighted by Crippen LogP contribution is -2.21. The van der Waals surface area contributed by atoms with Gasteiger partial charge in [0.1, 0.15) is 17.4 Å². The topological polar surface area (TPSA) is 88.4 Å². The Labute approximate surface area is 165 Å². The lowest BCUT2D eigenvalue weighted by molar-refractivity contribution is -0.142. The summed E-state index contributed by atoms with van der Waals surface area (Å²) in [5.74, 6) is -0.967. The van der Waals surface area contributed by atoms with Crippen LogP contribution in [-0.2, 0) is 14.3 Å². The molecule has 2 rings (SSSR count). The lowest BCUT2D eigenvalue weighted by atomic mass is 10.1. The van der Waals surface area contributed by atoms with Gasteiger partial charge < -0.3 is 14.8 Å². The van der Waals surface area contributed by atoms with Crippen molar-refractivity contribution >= 4 is 46.8 Å². The van der Waals surface area contributed by atoms with Crippen LogP contribution in [-0.4, -0.2) is 25.6 Å². The first kappa shape index (κ1) is 20.3. The molecule has 0 fully saturated rings. The van der Waals surface area contributed by atoms with E-state index >= 15 is 0 Å². The molecule has 2 aromatic carbocycles. The summed E-state index contributed by atoms with van der Waals surface area (Å²) >= 11 is 11.8. The van der Waals surface area contributed by atoms with Gasteiger partial charge >= 0.3 is 5.97 Å². The molecule has 0 saturated heterocycles. The number of benzene rings is 2. The number of nitrogens with one attached hydrogen (secondary N) is 1. The highest BCUT2D eigenvalue weighted by atomic mass is 35.5. The Morgan fingerprint density at radius 2 is 2.00 bits per heavy atom. The van der Waals surface area contributed by atoms with Gasteiger partial charge in [0.15, 0.2) is 6.61 Å². The summed E-state index contributed by atoms with van der Waals surface area (Å²) in [5, 5.41) is 12.3. The molecule has 6 nitrogen and oxygen atoms in total. The van der Waals surface area contributed by atoms with Crippen LogP contribution in [0.1, 0.15) is 5.56 Å². The second-order valence-electron chi connectivity index (χ2n) is 5.19. The van der Waals surface area contributed by atoms with E-state index < -0.39 is 18.5 Å². The van der Waals surface area contributed by atoms with Crippen molar-refractivity contribution in [3.63, 3.8) is 0 Å². The fourth-order valence-corrected chi connectivity index (χ4v) is 2.36. The Morgan fingerprint density at radius 3 is 2.70 bits per heavy atom. The number of halogens is 2. The van der Waals surface area contributed by atoms with E-state index in [4.69, 9.17) is 37.9 Å². The minimum Gasteiger partial charge on any atom is -0.497 e. The number of ether oxygens (including phenoxy) is 2. The smallest absolute Gasteiger partial charge is 0.349 e. The molecule has 1 amide bonds. The van der Waals surface area contributed by atoms with Crippen LogP contribution in [0.15, 0.2) is 48.0 Å². The molecule has 0 bridgehead atoms. The minimum atomic E-state index is -0.923. The van der Waals surface area contributed by atoms with Crippen LogP contribution in [0.2, 0.25) is 10.0 Å². The van der Waals surface area contributed by atoms with Crippen LogP contribution < -0.4 is 10.1 Å². The molecule has 0 unspecified atom stereocenters. The van der Waals surface area contributed by atoms with E-state index in [1.165, 1.54) is 25.3 Å². The molecular formula is C19H14Cl2N2O4. The maximum atomic E-state index is 12.0. The molecule has 0 aliphatic rings. The first-order valence-corrected chi connectivity index (χ1v) is 8.36. The van der Waals surface area contributed by atoms with Gasteiger partial charge in [-0.3, -0.25) is 4.79 Å². The highest BCUT2D eigenvalue weighted by molar-refractivity contribution is 6.35. The standard InChI is InChI=1S/C19H14Cl2N2O4/c1-26-15-4-2-3-12(8-15)7-13(10-22)19(25)27-11-18(24)23-17-9-14(20)5-6-16(17)21/h2-9H,11H2,1H3,(H,23,24)/b13-7+. The average Bonchev–Trinajstić information content (AvgIpc) is 2.67. The summed E-state index contributed by atoms with van der Waals surface area (Å²) in [6, 6.07) is 13.1. The van der Waals surface area contributed by atoms with Crippen LogP contribution in [0.25, 0.3) is 6.08 Å². The van der Waals surface area contributed by atoms with E-state index in [-0.39, 0.29) is 16.3 Å². The van der Waals surface area contributed by atoms with E-state index in [0.29, 0.717) is 16.3 Å². The van der Waals surface area contributed by atoms with Gasteiger partial charge in [-0.2, -0.15) is 5.26 Å². The summed E-state index contributed by atoms with van der Waals surface area (Å²) in [6.07, 6.45) is 1.34. The minimum absolute atomic E-state index is 0.253. The van der Waals surface area contributed by atoms with E-state index in [2.05, 4.69) is 5.32 Å². The summed E-state index contributed by atoms with van der Waals surface area (Å²) in [5.41, 5.74) is 0.618. The quantitative estimate of drug-likeness (QED) is 0.444. The second kappa shape index (κ2) is 9.62. The fraction of sp³-hybridized carbons (Fsp3) is 0.105. The molecule has 138 valence electrons. The van der Waals surface area contributed by atoms with Crippen molar-refractivity contribution in [2.75, 3.05) is 19.0 Å². The maximum Gasteiger partial charge on any atom is 0.349 e. The Balaban J connectivity index is 2.00. The first-order chi connectivity index (χ1) is 12.9. The highest BCUT2D eigenvalue weighted by Crippen LogP contribution is 2.25. The summed E-state index contributed by atoms with van der Waals surface area (Å²) in [6.45, 7) is -0.585. The van der Waals surface area contributed by atoms with Crippen LogP contribution in [0.4, 0.5) is 5.69 Å². The lowest BCUT2D eigenvalue weighted by Gasteiger charge is -2.08. The van der Waals surface area contributed by atoms with Crippen molar-refractivity contribution in [2.24, 2.45) is 0 Å². The summed E-state index contributed by atoms with van der Waals surface area (Å²) < 4.78 is 9.96. The summed E-state index contributed by atoms with van der Waals surface area (Å²) in [4.78, 5) is 24.0. The van der Waals surface area contributed by atoms with Crippen LogP contribution in [0.5, 0.6) is 5.75 Å². The number of nitriles is 1. The zero-order chi connectivity index (χ0) is 19.8. The van der Waals surface area contributed by atoms with Crippen LogP contribution >= 0.6 is 23.2 Å². The van der Waals surface area contributed by atoms with Crippen molar-refractivity contribution < 1.29 is 19.1 Å². The molecule has 0 radical (unpaired) electrons. The average molecular weight is 405 g/mol. The van der Waals surface area contributed by atoms with E-state index in [1.54, 1.807) is 36.4 Å². The molecule has 0 aromatic heterocycles. The van der Waals surface area contributed by atoms with E-state index in [1.807, 2.05) is 0 Å². The molecular weight excluding hydrogens is 391 g/mol. The van der Waals surface area contributed by atoms with Crippen LogP contribution in [0.3, 0.4) is 0 Å².